The molecule has 1 N–H and O–H groups in total. The number of nitrogens with zero attached hydrogens (tertiary/aromatic N) is 2. The summed E-state index contributed by atoms with van der Waals surface area (Å²) >= 11 is 11.6. The molecule has 0 fully saturated rings. The second kappa shape index (κ2) is 10.6. The number of hydrogen-bond acceptors (Lipinski definition) is 4. The first-order valence-corrected chi connectivity index (χ1v) is 9.47. The number of likely N-dealkylation sites (N-methyl/N-ethyl adjacent to an activating group) is 1. The fourth-order valence-electron chi connectivity index (χ4n) is 2.42. The van der Waals surface area contributed by atoms with Gasteiger partial charge in [-0.1, -0.05) is 41.4 Å². The van der Waals surface area contributed by atoms with E-state index in [0.717, 1.165) is 5.56 Å². The quantitative estimate of drug-likeness (QED) is 0.384. The molecule has 0 aromatic heterocycles. The number of benzene rings is 2. The fraction of sp³-hybridized carbons (Fsp3) is 0.200. The van der Waals surface area contributed by atoms with Gasteiger partial charge < -0.3 is 10.2 Å². The Morgan fingerprint density at radius 1 is 1.17 bits per heavy atom. The molecule has 0 bridgehead atoms. The maximum Gasteiger partial charge on any atom is 0.288 e. The first-order valence-electron chi connectivity index (χ1n) is 8.72. The molecule has 152 valence electrons. The van der Waals surface area contributed by atoms with Crippen molar-refractivity contribution < 1.29 is 14.5 Å². The second-order valence-electron chi connectivity index (χ2n) is 6.06. The van der Waals surface area contributed by atoms with Crippen LogP contribution in [0.3, 0.4) is 0 Å². The number of amides is 2. The minimum absolute atomic E-state index is 0.0195. The summed E-state index contributed by atoms with van der Waals surface area (Å²) in [6.07, 6.45) is 2.71. The number of halogens is 2. The van der Waals surface area contributed by atoms with Gasteiger partial charge in [-0.15, -0.1) is 0 Å². The van der Waals surface area contributed by atoms with E-state index in [2.05, 4.69) is 5.32 Å². The number of hydrogen-bond donors (Lipinski definition) is 1. The lowest BCUT2D eigenvalue weighted by Gasteiger charge is -2.18. The van der Waals surface area contributed by atoms with E-state index in [1.807, 2.05) is 0 Å². The van der Waals surface area contributed by atoms with Crippen LogP contribution < -0.4 is 5.32 Å². The molecule has 29 heavy (non-hydrogen) atoms. The van der Waals surface area contributed by atoms with Gasteiger partial charge in [0.1, 0.15) is 5.02 Å². The van der Waals surface area contributed by atoms with E-state index >= 15 is 0 Å². The van der Waals surface area contributed by atoms with E-state index in [0.29, 0.717) is 23.7 Å². The minimum Gasteiger partial charge on any atom is -0.350 e. The summed E-state index contributed by atoms with van der Waals surface area (Å²) in [5.74, 6) is -0.683. The monoisotopic (exact) mass is 435 g/mol. The van der Waals surface area contributed by atoms with Crippen molar-refractivity contribution in [1.82, 2.24) is 10.2 Å². The van der Waals surface area contributed by atoms with Crippen LogP contribution >= 0.6 is 23.2 Å². The highest BCUT2D eigenvalue weighted by atomic mass is 35.5. The zero-order chi connectivity index (χ0) is 21.4. The summed E-state index contributed by atoms with van der Waals surface area (Å²) in [5, 5.41) is 14.3. The number of carbonyl (C=O) groups excluding carboxylic acids is 2. The van der Waals surface area contributed by atoms with Crippen molar-refractivity contribution in [2.45, 2.75) is 13.5 Å². The van der Waals surface area contributed by atoms with Crippen molar-refractivity contribution in [2.75, 3.05) is 13.1 Å². The summed E-state index contributed by atoms with van der Waals surface area (Å²) in [7, 11) is 0. The molecular weight excluding hydrogens is 417 g/mol. The molecule has 0 spiro atoms. The molecule has 0 saturated carbocycles. The summed E-state index contributed by atoms with van der Waals surface area (Å²) in [6.45, 7) is 2.31. The van der Waals surface area contributed by atoms with Gasteiger partial charge in [0.25, 0.3) is 5.69 Å². The molecule has 0 aliphatic heterocycles. The highest BCUT2D eigenvalue weighted by molar-refractivity contribution is 6.32. The summed E-state index contributed by atoms with van der Waals surface area (Å²) in [5.41, 5.74) is 1.11. The summed E-state index contributed by atoms with van der Waals surface area (Å²) in [4.78, 5) is 36.2. The molecule has 0 saturated heterocycles. The Balaban J connectivity index is 1.94. The van der Waals surface area contributed by atoms with Gasteiger partial charge in [0.2, 0.25) is 11.8 Å². The van der Waals surface area contributed by atoms with E-state index < -0.39 is 4.92 Å². The Morgan fingerprint density at radius 2 is 1.86 bits per heavy atom. The highest BCUT2D eigenvalue weighted by Gasteiger charge is 2.14. The Morgan fingerprint density at radius 3 is 2.48 bits per heavy atom. The van der Waals surface area contributed by atoms with Gasteiger partial charge >= 0.3 is 0 Å². The van der Waals surface area contributed by atoms with Gasteiger partial charge in [-0.2, -0.15) is 0 Å². The average Bonchev–Trinajstić information content (AvgIpc) is 2.70. The van der Waals surface area contributed by atoms with Crippen molar-refractivity contribution in [3.8, 4) is 0 Å². The summed E-state index contributed by atoms with van der Waals surface area (Å²) in [6, 6.07) is 11.3. The van der Waals surface area contributed by atoms with Gasteiger partial charge in [-0.05, 0) is 42.3 Å². The van der Waals surface area contributed by atoms with Crippen molar-refractivity contribution in [3.05, 3.63) is 79.8 Å². The maximum atomic E-state index is 12.4. The lowest BCUT2D eigenvalue weighted by Crippen LogP contribution is -2.39. The van der Waals surface area contributed by atoms with Crippen LogP contribution in [-0.2, 0) is 16.1 Å². The predicted molar refractivity (Wildman–Crippen MR) is 113 cm³/mol. The molecule has 9 heteroatoms. The van der Waals surface area contributed by atoms with Crippen LogP contribution in [-0.4, -0.2) is 34.7 Å². The SMILES string of the molecule is CCN(CC(=O)NCc1ccc(Cl)cc1)C(=O)/C=C/c1ccc(Cl)c([N+](=O)[O-])c1. The number of nitrogens with one attached hydrogen (secondary N) is 1. The molecule has 0 aliphatic carbocycles. The zero-order valence-corrected chi connectivity index (χ0v) is 17.1. The molecule has 2 aromatic rings. The average molecular weight is 436 g/mol. The third-order valence-corrected chi connectivity index (χ3v) is 4.59. The molecule has 2 aromatic carbocycles. The van der Waals surface area contributed by atoms with Crippen LogP contribution in [0.1, 0.15) is 18.1 Å². The van der Waals surface area contributed by atoms with Crippen LogP contribution in [0.15, 0.2) is 48.5 Å². The molecule has 0 heterocycles. The third kappa shape index (κ3) is 6.89. The lowest BCUT2D eigenvalue weighted by molar-refractivity contribution is -0.384. The van der Waals surface area contributed by atoms with Crippen LogP contribution in [0, 0.1) is 10.1 Å². The molecule has 0 aliphatic rings. The van der Waals surface area contributed by atoms with Crippen LogP contribution in [0.4, 0.5) is 5.69 Å². The van der Waals surface area contributed by atoms with Gasteiger partial charge in [-0.3, -0.25) is 19.7 Å². The van der Waals surface area contributed by atoms with Crippen molar-refractivity contribution >= 4 is 46.8 Å². The second-order valence-corrected chi connectivity index (χ2v) is 6.90. The standard InChI is InChI=1S/C20H19Cl2N3O4/c1-2-24(13-19(26)23-12-15-3-7-16(21)8-4-15)20(27)10-6-14-5-9-17(22)18(11-14)25(28)29/h3-11H,2,12-13H2,1H3,(H,23,26)/b10-6+. The Bertz CT molecular complexity index is 930. The lowest BCUT2D eigenvalue weighted by atomic mass is 10.2. The molecular formula is C20H19Cl2N3O4. The summed E-state index contributed by atoms with van der Waals surface area (Å²) < 4.78 is 0. The Hall–Kier alpha value is -2.90. The number of nitro benzene ring substituents is 1. The largest absolute Gasteiger partial charge is 0.350 e. The van der Waals surface area contributed by atoms with Gasteiger partial charge in [0.05, 0.1) is 11.5 Å². The smallest absolute Gasteiger partial charge is 0.288 e. The number of rotatable bonds is 8. The highest BCUT2D eigenvalue weighted by Crippen LogP contribution is 2.25. The molecule has 2 amide bonds. The molecule has 2 rings (SSSR count). The third-order valence-electron chi connectivity index (χ3n) is 4.02. The molecule has 7 nitrogen and oxygen atoms in total. The van der Waals surface area contributed by atoms with Gasteiger partial charge in [0.15, 0.2) is 0 Å². The zero-order valence-electron chi connectivity index (χ0n) is 15.6. The predicted octanol–water partition coefficient (Wildman–Crippen LogP) is 4.08. The Kier molecular flexibility index (Phi) is 8.18. The van der Waals surface area contributed by atoms with E-state index in [1.54, 1.807) is 37.3 Å². The molecule has 0 atom stereocenters. The van der Waals surface area contributed by atoms with E-state index in [1.165, 1.54) is 29.2 Å². The molecule has 0 unspecified atom stereocenters. The van der Waals surface area contributed by atoms with Gasteiger partial charge in [0, 0.05) is 30.3 Å². The van der Waals surface area contributed by atoms with Gasteiger partial charge in [-0.25, -0.2) is 0 Å². The van der Waals surface area contributed by atoms with Crippen molar-refractivity contribution in [1.29, 1.82) is 0 Å². The Labute approximate surface area is 178 Å². The molecule has 0 radical (unpaired) electrons. The van der Waals surface area contributed by atoms with E-state index in [4.69, 9.17) is 23.2 Å². The number of carbonyl (C=O) groups is 2. The van der Waals surface area contributed by atoms with Crippen LogP contribution in [0.2, 0.25) is 10.0 Å². The fourth-order valence-corrected chi connectivity index (χ4v) is 2.74. The number of nitro groups is 1. The first-order chi connectivity index (χ1) is 13.8. The maximum absolute atomic E-state index is 12.4. The normalized spacial score (nSPS) is 10.7. The van der Waals surface area contributed by atoms with Crippen LogP contribution in [0.25, 0.3) is 6.08 Å². The van der Waals surface area contributed by atoms with E-state index in [9.17, 15) is 19.7 Å². The van der Waals surface area contributed by atoms with Crippen molar-refractivity contribution in [2.24, 2.45) is 0 Å². The first kappa shape index (κ1) is 22.4. The minimum atomic E-state index is -0.592. The van der Waals surface area contributed by atoms with E-state index in [-0.39, 0.29) is 29.1 Å². The van der Waals surface area contributed by atoms with Crippen LogP contribution in [0.5, 0.6) is 0 Å². The topological polar surface area (TPSA) is 92.6 Å². The van der Waals surface area contributed by atoms with Crippen molar-refractivity contribution in [3.63, 3.8) is 0 Å².